The van der Waals surface area contributed by atoms with Crippen molar-refractivity contribution in [2.24, 2.45) is 0 Å². The minimum absolute atomic E-state index is 0.0485. The predicted octanol–water partition coefficient (Wildman–Crippen LogP) is 4.12. The summed E-state index contributed by atoms with van der Waals surface area (Å²) in [5.41, 5.74) is 1.48. The lowest BCUT2D eigenvalue weighted by Gasteiger charge is -2.03. The van der Waals surface area contributed by atoms with E-state index in [1.807, 2.05) is 18.2 Å². The molecular formula is C14H10ClNO2S. The molecule has 0 bridgehead atoms. The molecule has 2 aromatic heterocycles. The first-order valence-corrected chi connectivity index (χ1v) is 6.84. The predicted molar refractivity (Wildman–Crippen MR) is 77.6 cm³/mol. The van der Waals surface area contributed by atoms with Gasteiger partial charge in [0.25, 0.3) is 0 Å². The highest BCUT2D eigenvalue weighted by Crippen LogP contribution is 2.32. The average molecular weight is 292 g/mol. The van der Waals surface area contributed by atoms with Gasteiger partial charge in [0.05, 0.1) is 27.3 Å². The van der Waals surface area contributed by atoms with Crippen LogP contribution in [0.15, 0.2) is 36.5 Å². The van der Waals surface area contributed by atoms with Crippen molar-refractivity contribution in [3.8, 4) is 5.75 Å². The molecule has 1 aromatic carbocycles. The van der Waals surface area contributed by atoms with Gasteiger partial charge in [0.2, 0.25) is 5.78 Å². The summed E-state index contributed by atoms with van der Waals surface area (Å²) in [5, 5.41) is 0.805. The van der Waals surface area contributed by atoms with E-state index in [4.69, 9.17) is 16.3 Å². The number of hydrogen-bond donors (Lipinski definition) is 1. The highest BCUT2D eigenvalue weighted by Gasteiger charge is 2.18. The third-order valence-electron chi connectivity index (χ3n) is 2.93. The number of halogens is 1. The van der Waals surface area contributed by atoms with Crippen LogP contribution in [0.5, 0.6) is 5.75 Å². The second kappa shape index (κ2) is 4.72. The molecule has 0 aliphatic carbocycles. The molecule has 3 nitrogen and oxygen atoms in total. The summed E-state index contributed by atoms with van der Waals surface area (Å²) >= 11 is 7.15. The van der Waals surface area contributed by atoms with E-state index in [1.54, 1.807) is 25.4 Å². The third kappa shape index (κ3) is 2.03. The molecule has 0 spiro atoms. The van der Waals surface area contributed by atoms with E-state index in [-0.39, 0.29) is 5.78 Å². The van der Waals surface area contributed by atoms with E-state index >= 15 is 0 Å². The Labute approximate surface area is 118 Å². The first-order valence-electron chi connectivity index (χ1n) is 5.65. The fourth-order valence-electron chi connectivity index (χ4n) is 2.07. The quantitative estimate of drug-likeness (QED) is 0.738. The zero-order chi connectivity index (χ0) is 13.4. The number of aromatic nitrogens is 1. The smallest absolute Gasteiger partial charge is 0.205 e. The van der Waals surface area contributed by atoms with Crippen LogP contribution in [0.25, 0.3) is 10.9 Å². The normalized spacial score (nSPS) is 10.8. The van der Waals surface area contributed by atoms with Crippen molar-refractivity contribution in [1.82, 2.24) is 4.98 Å². The first kappa shape index (κ1) is 12.3. The van der Waals surface area contributed by atoms with Crippen LogP contribution in [0, 0.1) is 0 Å². The number of aromatic amines is 1. The molecular weight excluding hydrogens is 282 g/mol. The number of rotatable bonds is 3. The molecule has 0 radical (unpaired) electrons. The molecule has 3 rings (SSSR count). The molecule has 0 fully saturated rings. The van der Waals surface area contributed by atoms with Gasteiger partial charge >= 0.3 is 0 Å². The molecule has 0 atom stereocenters. The summed E-state index contributed by atoms with van der Waals surface area (Å²) in [6, 6.07) is 9.10. The molecule has 0 amide bonds. The Bertz CT molecular complexity index is 760. The van der Waals surface area contributed by atoms with Crippen molar-refractivity contribution in [3.05, 3.63) is 51.3 Å². The number of thiophene rings is 1. The number of nitrogens with one attached hydrogen (secondary N) is 1. The van der Waals surface area contributed by atoms with Gasteiger partial charge in [-0.05, 0) is 24.3 Å². The summed E-state index contributed by atoms with van der Waals surface area (Å²) in [5.74, 6) is 0.636. The van der Waals surface area contributed by atoms with Crippen molar-refractivity contribution < 1.29 is 9.53 Å². The largest absolute Gasteiger partial charge is 0.496 e. The van der Waals surface area contributed by atoms with Crippen LogP contribution in [0.2, 0.25) is 4.34 Å². The average Bonchev–Trinajstić information content (AvgIpc) is 3.03. The molecule has 0 saturated carbocycles. The molecule has 0 saturated heterocycles. The highest BCUT2D eigenvalue weighted by molar-refractivity contribution is 7.18. The number of carbonyl (C=O) groups excluding carboxylic acids is 1. The Hall–Kier alpha value is -1.78. The number of ether oxygens (including phenoxy) is 1. The number of fused-ring (bicyclic) bond motifs is 1. The van der Waals surface area contributed by atoms with Crippen molar-refractivity contribution in [3.63, 3.8) is 0 Å². The maximum Gasteiger partial charge on any atom is 0.205 e. The number of hydrogen-bond acceptors (Lipinski definition) is 3. The molecule has 0 unspecified atom stereocenters. The standard InChI is InChI=1S/C14H10ClNO2S/c1-18-10-4-2-3-9-13(10)8(7-16-9)14(17)11-5-6-12(15)19-11/h2-7,16H,1H3. The topological polar surface area (TPSA) is 42.1 Å². The molecule has 19 heavy (non-hydrogen) atoms. The van der Waals surface area contributed by atoms with Gasteiger partial charge in [-0.15, -0.1) is 11.3 Å². The molecule has 0 aliphatic rings. The first-order chi connectivity index (χ1) is 9.20. The summed E-state index contributed by atoms with van der Waals surface area (Å²) in [4.78, 5) is 16.2. The van der Waals surface area contributed by atoms with E-state index in [2.05, 4.69) is 4.98 Å². The Balaban J connectivity index is 2.18. The van der Waals surface area contributed by atoms with Gasteiger partial charge in [0, 0.05) is 11.7 Å². The second-order valence-corrected chi connectivity index (χ2v) is 5.73. The molecule has 3 aromatic rings. The number of ketones is 1. The molecule has 96 valence electrons. The van der Waals surface area contributed by atoms with Gasteiger partial charge in [-0.3, -0.25) is 4.79 Å². The Morgan fingerprint density at radius 3 is 2.84 bits per heavy atom. The van der Waals surface area contributed by atoms with Crippen molar-refractivity contribution >= 4 is 39.6 Å². The number of methoxy groups -OCH3 is 1. The van der Waals surface area contributed by atoms with Crippen molar-refractivity contribution in [2.45, 2.75) is 0 Å². The van der Waals surface area contributed by atoms with Gasteiger partial charge in [0.15, 0.2) is 0 Å². The van der Waals surface area contributed by atoms with Crippen molar-refractivity contribution in [2.75, 3.05) is 7.11 Å². The zero-order valence-corrected chi connectivity index (χ0v) is 11.6. The molecule has 5 heteroatoms. The molecule has 0 aliphatic heterocycles. The lowest BCUT2D eigenvalue weighted by Crippen LogP contribution is -1.98. The van der Waals surface area contributed by atoms with Crippen LogP contribution >= 0.6 is 22.9 Å². The van der Waals surface area contributed by atoms with Gasteiger partial charge in [0.1, 0.15) is 5.75 Å². The van der Waals surface area contributed by atoms with Crippen molar-refractivity contribution in [1.29, 1.82) is 0 Å². The summed E-state index contributed by atoms with van der Waals surface area (Å²) < 4.78 is 5.93. The highest BCUT2D eigenvalue weighted by atomic mass is 35.5. The number of H-pyrrole nitrogens is 1. The van der Waals surface area contributed by atoms with E-state index in [1.165, 1.54) is 11.3 Å². The maximum absolute atomic E-state index is 12.5. The van der Waals surface area contributed by atoms with Crippen LogP contribution < -0.4 is 4.74 Å². The van der Waals surface area contributed by atoms with Gasteiger partial charge in [-0.2, -0.15) is 0 Å². The van der Waals surface area contributed by atoms with Crippen LogP contribution in [0.4, 0.5) is 0 Å². The van der Waals surface area contributed by atoms with Gasteiger partial charge < -0.3 is 9.72 Å². The number of carbonyl (C=O) groups is 1. The van der Waals surface area contributed by atoms with Crippen LogP contribution in [-0.2, 0) is 0 Å². The summed E-state index contributed by atoms with van der Waals surface area (Å²) in [7, 11) is 1.60. The number of benzene rings is 1. The minimum atomic E-state index is -0.0485. The van der Waals surface area contributed by atoms with Gasteiger partial charge in [-0.25, -0.2) is 0 Å². The summed E-state index contributed by atoms with van der Waals surface area (Å²) in [6.07, 6.45) is 1.71. The summed E-state index contributed by atoms with van der Waals surface area (Å²) in [6.45, 7) is 0. The van der Waals surface area contributed by atoms with E-state index in [0.717, 1.165) is 10.9 Å². The Kier molecular flexibility index (Phi) is 3.05. The van der Waals surface area contributed by atoms with E-state index in [9.17, 15) is 4.79 Å². The van der Waals surface area contributed by atoms with Crippen LogP contribution in [0.1, 0.15) is 15.2 Å². The van der Waals surface area contributed by atoms with E-state index < -0.39 is 0 Å². The fraction of sp³-hybridized carbons (Fsp3) is 0.0714. The Morgan fingerprint density at radius 1 is 1.32 bits per heavy atom. The van der Waals surface area contributed by atoms with Crippen LogP contribution in [0.3, 0.4) is 0 Å². The second-order valence-electron chi connectivity index (χ2n) is 4.02. The zero-order valence-electron chi connectivity index (χ0n) is 10.1. The van der Waals surface area contributed by atoms with Crippen LogP contribution in [-0.4, -0.2) is 17.9 Å². The monoisotopic (exact) mass is 291 g/mol. The third-order valence-corrected chi connectivity index (χ3v) is 4.16. The fourth-order valence-corrected chi connectivity index (χ4v) is 3.07. The SMILES string of the molecule is COc1cccc2[nH]cc(C(=O)c3ccc(Cl)s3)c12. The Morgan fingerprint density at radius 2 is 2.16 bits per heavy atom. The lowest BCUT2D eigenvalue weighted by molar-refractivity contribution is 0.104. The molecule has 1 N–H and O–H groups in total. The molecule has 2 heterocycles. The lowest BCUT2D eigenvalue weighted by atomic mass is 10.1. The minimum Gasteiger partial charge on any atom is -0.496 e. The maximum atomic E-state index is 12.5. The van der Waals surface area contributed by atoms with Gasteiger partial charge in [-0.1, -0.05) is 17.7 Å². The van der Waals surface area contributed by atoms with E-state index in [0.29, 0.717) is 20.5 Å².